The van der Waals surface area contributed by atoms with Gasteiger partial charge in [-0.2, -0.15) is 0 Å². The van der Waals surface area contributed by atoms with Crippen molar-refractivity contribution < 1.29 is 9.59 Å². The molecule has 2 rings (SSSR count). The first-order chi connectivity index (χ1) is 13.1. The standard InChI is InChI=1S/C21H25ClN2O2S/c1-3-19(21(26)23-4-2)24(14-16-10-8-9-13-18(16)22)20(25)15-27-17-11-6-5-7-12-17/h5-13,19H,3-4,14-15H2,1-2H3,(H,23,26). The number of carbonyl (C=O) groups excluding carboxylic acids is 2. The van der Waals surface area contributed by atoms with E-state index in [0.29, 0.717) is 24.5 Å². The predicted octanol–water partition coefficient (Wildman–Crippen LogP) is 4.38. The number of rotatable bonds is 9. The first-order valence-electron chi connectivity index (χ1n) is 9.05. The molecule has 0 aliphatic rings. The molecule has 2 aromatic carbocycles. The Kier molecular flexibility index (Phi) is 8.69. The lowest BCUT2D eigenvalue weighted by atomic mass is 10.1. The van der Waals surface area contributed by atoms with Crippen LogP contribution < -0.4 is 5.32 Å². The fraction of sp³-hybridized carbons (Fsp3) is 0.333. The van der Waals surface area contributed by atoms with E-state index in [2.05, 4.69) is 5.32 Å². The zero-order valence-electron chi connectivity index (χ0n) is 15.7. The SMILES string of the molecule is CCNC(=O)C(CC)N(Cc1ccccc1Cl)C(=O)CSc1ccccc1. The Balaban J connectivity index is 2.20. The van der Waals surface area contributed by atoms with Crippen LogP contribution in [0, 0.1) is 0 Å². The van der Waals surface area contributed by atoms with Gasteiger partial charge in [-0.05, 0) is 37.1 Å². The predicted molar refractivity (Wildman–Crippen MR) is 112 cm³/mol. The number of nitrogens with one attached hydrogen (secondary N) is 1. The van der Waals surface area contributed by atoms with Gasteiger partial charge in [0.2, 0.25) is 11.8 Å². The molecule has 0 bridgehead atoms. The van der Waals surface area contributed by atoms with Gasteiger partial charge < -0.3 is 10.2 Å². The minimum atomic E-state index is -0.523. The second-order valence-corrected chi connectivity index (χ2v) is 7.49. The monoisotopic (exact) mass is 404 g/mol. The van der Waals surface area contributed by atoms with E-state index in [1.165, 1.54) is 11.8 Å². The van der Waals surface area contributed by atoms with E-state index in [4.69, 9.17) is 11.6 Å². The van der Waals surface area contributed by atoms with Crippen LogP contribution in [-0.4, -0.2) is 35.1 Å². The molecule has 2 aromatic rings. The van der Waals surface area contributed by atoms with Crippen molar-refractivity contribution in [3.8, 4) is 0 Å². The molecule has 1 atom stereocenters. The number of nitrogens with zero attached hydrogens (tertiary/aromatic N) is 1. The Labute approximate surface area is 170 Å². The average molecular weight is 405 g/mol. The van der Waals surface area contributed by atoms with Crippen molar-refractivity contribution in [2.24, 2.45) is 0 Å². The highest BCUT2D eigenvalue weighted by Crippen LogP contribution is 2.22. The molecule has 1 N–H and O–H groups in total. The maximum absolute atomic E-state index is 13.0. The Morgan fingerprint density at radius 1 is 1.07 bits per heavy atom. The molecule has 0 spiro atoms. The minimum absolute atomic E-state index is 0.0816. The number of hydrogen-bond donors (Lipinski definition) is 1. The van der Waals surface area contributed by atoms with E-state index >= 15 is 0 Å². The lowest BCUT2D eigenvalue weighted by molar-refractivity contribution is -0.139. The summed E-state index contributed by atoms with van der Waals surface area (Å²) in [6.07, 6.45) is 0.540. The summed E-state index contributed by atoms with van der Waals surface area (Å²) < 4.78 is 0. The van der Waals surface area contributed by atoms with Crippen LogP contribution in [0.15, 0.2) is 59.5 Å². The van der Waals surface area contributed by atoms with Crippen LogP contribution in [-0.2, 0) is 16.1 Å². The van der Waals surface area contributed by atoms with Crippen LogP contribution in [0.3, 0.4) is 0 Å². The van der Waals surface area contributed by atoms with Crippen LogP contribution >= 0.6 is 23.4 Å². The third-order valence-corrected chi connectivity index (χ3v) is 5.51. The fourth-order valence-electron chi connectivity index (χ4n) is 2.77. The largest absolute Gasteiger partial charge is 0.355 e. The van der Waals surface area contributed by atoms with Gasteiger partial charge in [0.25, 0.3) is 0 Å². The van der Waals surface area contributed by atoms with Crippen molar-refractivity contribution in [2.45, 2.75) is 37.8 Å². The van der Waals surface area contributed by atoms with Gasteiger partial charge in [-0.1, -0.05) is 54.9 Å². The number of halogens is 1. The third kappa shape index (κ3) is 6.29. The topological polar surface area (TPSA) is 49.4 Å². The summed E-state index contributed by atoms with van der Waals surface area (Å²) in [5.41, 5.74) is 0.833. The molecule has 0 heterocycles. The minimum Gasteiger partial charge on any atom is -0.355 e. The smallest absolute Gasteiger partial charge is 0.242 e. The van der Waals surface area contributed by atoms with Crippen molar-refractivity contribution in [3.63, 3.8) is 0 Å². The molecule has 0 aromatic heterocycles. The second-order valence-electron chi connectivity index (χ2n) is 6.03. The molecule has 6 heteroatoms. The van der Waals surface area contributed by atoms with Gasteiger partial charge in [0.15, 0.2) is 0 Å². The van der Waals surface area contributed by atoms with Gasteiger partial charge in [-0.3, -0.25) is 9.59 Å². The molecular weight excluding hydrogens is 380 g/mol. The molecule has 144 valence electrons. The van der Waals surface area contributed by atoms with Crippen molar-refractivity contribution in [1.29, 1.82) is 0 Å². The highest BCUT2D eigenvalue weighted by molar-refractivity contribution is 8.00. The number of carbonyl (C=O) groups is 2. The van der Waals surface area contributed by atoms with Crippen LogP contribution in [0.5, 0.6) is 0 Å². The molecule has 0 fully saturated rings. The molecule has 4 nitrogen and oxygen atoms in total. The third-order valence-electron chi connectivity index (χ3n) is 4.14. The summed E-state index contributed by atoms with van der Waals surface area (Å²) in [6, 6.07) is 16.7. The Bertz CT molecular complexity index is 755. The maximum atomic E-state index is 13.0. The number of likely N-dealkylation sites (N-methyl/N-ethyl adjacent to an activating group) is 1. The summed E-state index contributed by atoms with van der Waals surface area (Å²) in [6.45, 7) is 4.62. The van der Waals surface area contributed by atoms with Crippen LogP contribution in [0.25, 0.3) is 0 Å². The summed E-state index contributed by atoms with van der Waals surface area (Å²) in [4.78, 5) is 28.2. The van der Waals surface area contributed by atoms with Gasteiger partial charge in [0.1, 0.15) is 6.04 Å². The molecule has 1 unspecified atom stereocenters. The lowest BCUT2D eigenvalue weighted by Gasteiger charge is -2.30. The molecule has 27 heavy (non-hydrogen) atoms. The van der Waals surface area contributed by atoms with Crippen LogP contribution in [0.2, 0.25) is 5.02 Å². The zero-order chi connectivity index (χ0) is 19.6. The highest BCUT2D eigenvalue weighted by atomic mass is 35.5. The number of benzene rings is 2. The number of amides is 2. The van der Waals surface area contributed by atoms with Gasteiger partial charge in [0.05, 0.1) is 5.75 Å². The van der Waals surface area contributed by atoms with Gasteiger partial charge >= 0.3 is 0 Å². The molecule has 2 amide bonds. The normalized spacial score (nSPS) is 11.7. The van der Waals surface area contributed by atoms with E-state index in [9.17, 15) is 9.59 Å². The summed E-state index contributed by atoms with van der Waals surface area (Å²) in [7, 11) is 0. The van der Waals surface area contributed by atoms with Gasteiger partial charge in [-0.25, -0.2) is 0 Å². The molecule has 0 saturated heterocycles. The summed E-state index contributed by atoms with van der Waals surface area (Å²) in [5.74, 6) is 0.0525. The molecule has 0 saturated carbocycles. The average Bonchev–Trinajstić information content (AvgIpc) is 2.68. The van der Waals surface area contributed by atoms with Crippen molar-refractivity contribution in [3.05, 3.63) is 65.2 Å². The van der Waals surface area contributed by atoms with E-state index < -0.39 is 6.04 Å². The summed E-state index contributed by atoms with van der Waals surface area (Å²) in [5, 5.41) is 3.43. The van der Waals surface area contributed by atoms with Crippen LogP contribution in [0.1, 0.15) is 25.8 Å². The second kappa shape index (κ2) is 11.0. The van der Waals surface area contributed by atoms with Crippen molar-refractivity contribution >= 4 is 35.2 Å². The molecule has 0 aliphatic carbocycles. The number of thioether (sulfide) groups is 1. The fourth-order valence-corrected chi connectivity index (χ4v) is 3.77. The van der Waals surface area contributed by atoms with E-state index in [-0.39, 0.29) is 17.6 Å². The van der Waals surface area contributed by atoms with Crippen LogP contribution in [0.4, 0.5) is 0 Å². The Hall–Kier alpha value is -1.98. The quantitative estimate of drug-likeness (QED) is 0.631. The molecular formula is C21H25ClN2O2S. The van der Waals surface area contributed by atoms with E-state index in [0.717, 1.165) is 10.5 Å². The number of hydrogen-bond acceptors (Lipinski definition) is 3. The molecule has 0 aliphatic heterocycles. The first kappa shape index (κ1) is 21.3. The van der Waals surface area contributed by atoms with Crippen molar-refractivity contribution in [1.82, 2.24) is 10.2 Å². The zero-order valence-corrected chi connectivity index (χ0v) is 17.2. The van der Waals surface area contributed by atoms with E-state index in [1.807, 2.05) is 62.4 Å². The Morgan fingerprint density at radius 2 is 1.74 bits per heavy atom. The Morgan fingerprint density at radius 3 is 2.37 bits per heavy atom. The molecule has 0 radical (unpaired) electrons. The van der Waals surface area contributed by atoms with Gasteiger partial charge in [0, 0.05) is 23.0 Å². The van der Waals surface area contributed by atoms with E-state index in [1.54, 1.807) is 11.0 Å². The van der Waals surface area contributed by atoms with Gasteiger partial charge in [-0.15, -0.1) is 11.8 Å². The highest BCUT2D eigenvalue weighted by Gasteiger charge is 2.28. The maximum Gasteiger partial charge on any atom is 0.242 e. The summed E-state index contributed by atoms with van der Waals surface area (Å²) >= 11 is 7.76. The lowest BCUT2D eigenvalue weighted by Crippen LogP contribution is -2.49. The first-order valence-corrected chi connectivity index (χ1v) is 10.4. The van der Waals surface area contributed by atoms with Crippen molar-refractivity contribution in [2.75, 3.05) is 12.3 Å².